The fraction of sp³-hybridized carbons (Fsp3) is 0.273. The summed E-state index contributed by atoms with van der Waals surface area (Å²) in [7, 11) is 3.15. The van der Waals surface area contributed by atoms with Crippen LogP contribution in [0, 0.1) is 0 Å². The molecule has 0 aliphatic carbocycles. The van der Waals surface area contributed by atoms with Gasteiger partial charge in [-0.3, -0.25) is 9.59 Å². The van der Waals surface area contributed by atoms with Crippen molar-refractivity contribution in [3.05, 3.63) is 65.4 Å². The number of ether oxygens (including phenoxy) is 1. The number of para-hydroxylation sites is 2. The van der Waals surface area contributed by atoms with Gasteiger partial charge in [-0.1, -0.05) is 43.3 Å². The molecule has 0 fully saturated rings. The average molecular weight is 380 g/mol. The smallest absolute Gasteiger partial charge is 0.290 e. The van der Waals surface area contributed by atoms with Gasteiger partial charge >= 0.3 is 0 Å². The number of nitrogens with one attached hydrogen (secondary N) is 1. The van der Waals surface area contributed by atoms with Gasteiger partial charge in [0.1, 0.15) is 5.58 Å². The van der Waals surface area contributed by atoms with Crippen LogP contribution in [0.5, 0.6) is 0 Å². The summed E-state index contributed by atoms with van der Waals surface area (Å²) in [5.41, 5.74) is 3.11. The minimum Gasteiger partial charge on any atom is -0.451 e. The van der Waals surface area contributed by atoms with Crippen LogP contribution in [-0.4, -0.2) is 37.4 Å². The first kappa shape index (κ1) is 19.6. The highest BCUT2D eigenvalue weighted by atomic mass is 16.5. The zero-order valence-electron chi connectivity index (χ0n) is 16.3. The van der Waals surface area contributed by atoms with Gasteiger partial charge in [0.15, 0.2) is 5.76 Å². The number of methoxy groups -OCH3 is 1. The number of benzene rings is 2. The minimum atomic E-state index is -0.359. The highest BCUT2D eigenvalue weighted by Gasteiger charge is 2.24. The Morgan fingerprint density at radius 3 is 2.57 bits per heavy atom. The van der Waals surface area contributed by atoms with Gasteiger partial charge in [0.05, 0.1) is 13.2 Å². The third-order valence-corrected chi connectivity index (χ3v) is 4.58. The molecule has 0 unspecified atom stereocenters. The Morgan fingerprint density at radius 1 is 1.11 bits per heavy atom. The fourth-order valence-corrected chi connectivity index (χ4v) is 3.16. The molecule has 0 aliphatic heterocycles. The van der Waals surface area contributed by atoms with E-state index in [2.05, 4.69) is 5.32 Å². The van der Waals surface area contributed by atoms with Crippen LogP contribution in [0.4, 0.5) is 5.69 Å². The lowest BCUT2D eigenvalue weighted by Crippen LogP contribution is -2.35. The number of furan rings is 1. The number of anilines is 1. The molecular formula is C22H24N2O4. The Kier molecular flexibility index (Phi) is 6.11. The van der Waals surface area contributed by atoms with Crippen molar-refractivity contribution < 1.29 is 18.7 Å². The average Bonchev–Trinajstić information content (AvgIpc) is 3.06. The lowest BCUT2D eigenvalue weighted by molar-refractivity contribution is -0.116. The lowest BCUT2D eigenvalue weighted by atomic mass is 10.1. The topological polar surface area (TPSA) is 71.8 Å². The van der Waals surface area contributed by atoms with Crippen molar-refractivity contribution >= 4 is 28.5 Å². The Bertz CT molecular complexity index is 993. The van der Waals surface area contributed by atoms with Gasteiger partial charge in [-0.05, 0) is 24.1 Å². The molecule has 28 heavy (non-hydrogen) atoms. The maximum atomic E-state index is 12.9. The first-order valence-electron chi connectivity index (χ1n) is 9.17. The van der Waals surface area contributed by atoms with E-state index in [1.165, 1.54) is 4.90 Å². The Hall–Kier alpha value is -3.12. The molecule has 3 rings (SSSR count). The van der Waals surface area contributed by atoms with Crippen molar-refractivity contribution in [1.82, 2.24) is 4.90 Å². The van der Waals surface area contributed by atoms with Crippen LogP contribution in [0.15, 0.2) is 52.9 Å². The molecule has 2 amide bonds. The maximum Gasteiger partial charge on any atom is 0.290 e. The van der Waals surface area contributed by atoms with E-state index in [1.54, 1.807) is 20.2 Å². The van der Waals surface area contributed by atoms with Crippen LogP contribution in [0.25, 0.3) is 11.0 Å². The molecule has 0 bridgehead atoms. The van der Waals surface area contributed by atoms with Gasteiger partial charge in [-0.2, -0.15) is 0 Å². The molecule has 1 aromatic heterocycles. The monoisotopic (exact) mass is 380 g/mol. The van der Waals surface area contributed by atoms with Crippen LogP contribution in [-0.2, 0) is 22.6 Å². The molecule has 1 N–H and O–H groups in total. The molecule has 0 saturated carbocycles. The fourth-order valence-electron chi connectivity index (χ4n) is 3.16. The lowest BCUT2D eigenvalue weighted by Gasteiger charge is -2.17. The van der Waals surface area contributed by atoms with E-state index < -0.39 is 0 Å². The molecule has 1 heterocycles. The molecule has 2 aromatic carbocycles. The van der Waals surface area contributed by atoms with Crippen LogP contribution in [0.3, 0.4) is 0 Å². The Balaban J connectivity index is 1.76. The van der Waals surface area contributed by atoms with Crippen molar-refractivity contribution in [3.8, 4) is 0 Å². The molecule has 6 nitrogen and oxygen atoms in total. The number of hydrogen-bond donors (Lipinski definition) is 1. The summed E-state index contributed by atoms with van der Waals surface area (Å²) >= 11 is 0. The highest BCUT2D eigenvalue weighted by molar-refractivity contribution is 6.01. The van der Waals surface area contributed by atoms with Gasteiger partial charge in [-0.25, -0.2) is 0 Å². The molecular weight excluding hydrogens is 356 g/mol. The zero-order chi connectivity index (χ0) is 20.1. The number of likely N-dealkylation sites (N-methyl/N-ethyl adjacent to an activating group) is 1. The van der Waals surface area contributed by atoms with Crippen molar-refractivity contribution in [1.29, 1.82) is 0 Å². The number of carbonyl (C=O) groups excluding carboxylic acids is 2. The predicted octanol–water partition coefficient (Wildman–Crippen LogP) is 3.85. The van der Waals surface area contributed by atoms with Gasteiger partial charge in [0.2, 0.25) is 5.91 Å². The number of nitrogens with zero attached hydrogens (tertiary/aromatic N) is 1. The van der Waals surface area contributed by atoms with E-state index in [9.17, 15) is 9.59 Å². The second-order valence-electron chi connectivity index (χ2n) is 6.56. The van der Waals surface area contributed by atoms with Crippen molar-refractivity contribution in [2.45, 2.75) is 20.0 Å². The predicted molar refractivity (Wildman–Crippen MR) is 108 cm³/mol. The van der Waals surface area contributed by atoms with Gasteiger partial charge in [-0.15, -0.1) is 0 Å². The van der Waals surface area contributed by atoms with E-state index in [1.807, 2.05) is 49.4 Å². The van der Waals surface area contributed by atoms with Gasteiger partial charge in [0.25, 0.3) is 5.91 Å². The van der Waals surface area contributed by atoms with Crippen molar-refractivity contribution in [3.63, 3.8) is 0 Å². The molecule has 6 heteroatoms. The summed E-state index contributed by atoms with van der Waals surface area (Å²) in [5.74, 6) is -0.421. The molecule has 146 valence electrons. The van der Waals surface area contributed by atoms with Gasteiger partial charge < -0.3 is 19.4 Å². The van der Waals surface area contributed by atoms with Crippen LogP contribution < -0.4 is 5.32 Å². The van der Waals surface area contributed by atoms with Crippen LogP contribution in [0.2, 0.25) is 0 Å². The first-order valence-corrected chi connectivity index (χ1v) is 9.17. The van der Waals surface area contributed by atoms with E-state index in [0.29, 0.717) is 11.1 Å². The number of carbonyl (C=O) groups is 2. The molecule has 0 saturated heterocycles. The second kappa shape index (κ2) is 8.71. The largest absolute Gasteiger partial charge is 0.451 e. The quantitative estimate of drug-likeness (QED) is 0.676. The van der Waals surface area contributed by atoms with E-state index in [-0.39, 0.29) is 30.7 Å². The molecule has 0 spiro atoms. The zero-order valence-corrected chi connectivity index (χ0v) is 16.3. The standard InChI is InChI=1S/C22H24N2O4/c1-4-15-9-5-7-11-18(15)23-20(25)13-24(2)22(26)21-17(14-27-3)16-10-6-8-12-19(16)28-21/h5-12H,4,13-14H2,1-3H3,(H,23,25). The normalized spacial score (nSPS) is 10.8. The van der Waals surface area contributed by atoms with Crippen LogP contribution >= 0.6 is 0 Å². The number of hydrogen-bond acceptors (Lipinski definition) is 4. The third-order valence-electron chi connectivity index (χ3n) is 4.58. The summed E-state index contributed by atoms with van der Waals surface area (Å²) in [4.78, 5) is 26.7. The summed E-state index contributed by atoms with van der Waals surface area (Å²) < 4.78 is 11.0. The maximum absolute atomic E-state index is 12.9. The molecule has 3 aromatic rings. The number of rotatable bonds is 7. The summed E-state index contributed by atoms with van der Waals surface area (Å²) in [6, 6.07) is 15.0. The van der Waals surface area contributed by atoms with E-state index in [4.69, 9.17) is 9.15 Å². The number of amides is 2. The highest BCUT2D eigenvalue weighted by Crippen LogP contribution is 2.27. The molecule has 0 atom stereocenters. The third kappa shape index (κ3) is 4.07. The summed E-state index contributed by atoms with van der Waals surface area (Å²) in [6.45, 7) is 2.20. The van der Waals surface area contributed by atoms with Crippen LogP contribution in [0.1, 0.15) is 28.6 Å². The van der Waals surface area contributed by atoms with E-state index in [0.717, 1.165) is 23.1 Å². The summed E-state index contributed by atoms with van der Waals surface area (Å²) in [5, 5.41) is 3.71. The number of fused-ring (bicyclic) bond motifs is 1. The SMILES string of the molecule is CCc1ccccc1NC(=O)CN(C)C(=O)c1oc2ccccc2c1COC. The second-order valence-corrected chi connectivity index (χ2v) is 6.56. The Labute approximate surface area is 164 Å². The molecule has 0 aliphatic rings. The minimum absolute atomic E-state index is 0.0830. The first-order chi connectivity index (χ1) is 13.5. The molecule has 0 radical (unpaired) electrons. The van der Waals surface area contributed by atoms with E-state index >= 15 is 0 Å². The van der Waals surface area contributed by atoms with Gasteiger partial charge in [0, 0.05) is 30.8 Å². The van der Waals surface area contributed by atoms with Crippen molar-refractivity contribution in [2.75, 3.05) is 26.0 Å². The summed E-state index contributed by atoms with van der Waals surface area (Å²) in [6.07, 6.45) is 0.810. The van der Waals surface area contributed by atoms with Crippen molar-refractivity contribution in [2.24, 2.45) is 0 Å². The number of aryl methyl sites for hydroxylation is 1. The Morgan fingerprint density at radius 2 is 1.82 bits per heavy atom.